The molecule has 1 aliphatic carbocycles. The molecular formula is C24H26OS59. The summed E-state index contributed by atoms with van der Waals surface area (Å²) in [4.78, 5) is 11.7. The molecule has 0 unspecified atom stereocenters. The minimum absolute atomic E-state index is 0.00498. The van der Waals surface area contributed by atoms with Crippen LogP contribution in [0.5, 0.6) is 0 Å². The van der Waals surface area contributed by atoms with Gasteiger partial charge in [0.25, 0.3) is 0 Å². The standard InChI is InChI=1S/C24H26O.S59/c1-22(2)20-14-18(13-12-17-10-8-7-9-11-17)19(16-25)15-21(20)23(3,4)24(22,5)6;1-3-5-7-9-11-13-15-17-19-21-23-25-27-29-31-33-35-37-39-41-43-45-47-49-51-53-55-57-59-58-56-54-52-50-48-46-44-42-40-38-36-34-32-30-28-26-24-22-20-18-16-14-12-10-8-6-4-2/h7-11,14-16H,1-6H3;. The molecule has 2 aromatic rings. The fourth-order valence-corrected chi connectivity index (χ4v) is 156. The van der Waals surface area contributed by atoms with Crippen LogP contribution in [-0.2, 0) is 539 Å². The van der Waals surface area contributed by atoms with Gasteiger partial charge >= 0.3 is 0 Å². The second-order valence-corrected chi connectivity index (χ2v) is 113. The van der Waals surface area contributed by atoms with E-state index in [9.17, 15) is 4.79 Å². The van der Waals surface area contributed by atoms with Crippen molar-refractivity contribution in [2.45, 2.75) is 52.4 Å². The van der Waals surface area contributed by atoms with Gasteiger partial charge in [0.1, 0.15) is 0 Å². The molecule has 0 heterocycles. The first-order valence-electron chi connectivity index (χ1n) is 18.5. The first kappa shape index (κ1) is 90.7. The third-order valence-corrected chi connectivity index (χ3v) is 133. The molecule has 0 amide bonds. The summed E-state index contributed by atoms with van der Waals surface area (Å²) in [6, 6.07) is 14.1. The molecule has 0 atom stereocenters. The molecule has 84 heavy (non-hydrogen) atoms. The molecule has 0 aromatic heterocycles. The van der Waals surface area contributed by atoms with E-state index in [2.05, 4.69) is 65.5 Å². The van der Waals surface area contributed by atoms with Crippen LogP contribution in [0.1, 0.15) is 74.2 Å². The SMILES string of the molecule is CC1(C)c2cc(C#Cc3ccccc3)c(C=O)cc2C(C)(C)C1(C)C.S=S=S=S=S=S=S=S=S=S=S=S=S=S=S=S=S=S=S=S=S=S=S=S=S=S=S=S=S=S=S=S=S=S=S=S=S=S=S=S=S=S=S=S=S=S=S=S=S=S=S=S=S=S=S=S=S=S=S. The zero-order valence-electron chi connectivity index (χ0n) is 40.1. The molecule has 0 fully saturated rings. The van der Waals surface area contributed by atoms with E-state index in [1.54, 1.807) is 107 Å². The third kappa shape index (κ3) is 47.8. The van der Waals surface area contributed by atoms with E-state index >= 15 is 0 Å². The van der Waals surface area contributed by atoms with Crippen molar-refractivity contribution in [2.75, 3.05) is 0 Å². The molecule has 0 spiro atoms. The molecule has 0 bridgehead atoms. The zero-order valence-corrected chi connectivity index (χ0v) is 88.3. The van der Waals surface area contributed by atoms with Gasteiger partial charge in [-0.1, -0.05) is 71.6 Å². The Balaban J connectivity index is 0.000000787. The average Bonchev–Trinajstić information content (AvgIpc) is 1.59. The highest BCUT2D eigenvalue weighted by Crippen LogP contribution is 2.61. The Labute approximate surface area is 662 Å². The van der Waals surface area contributed by atoms with Crippen molar-refractivity contribution in [3.8, 4) is 11.8 Å². The normalized spacial score (nSPS) is 11.1. The van der Waals surface area contributed by atoms with Gasteiger partial charge in [-0.15, -0.1) is 0 Å². The van der Waals surface area contributed by atoms with Gasteiger partial charge in [-0.3, -0.25) is 4.79 Å². The highest BCUT2D eigenvalue weighted by atomic mass is 33.5. The van der Waals surface area contributed by atoms with E-state index < -0.39 is 0 Å². The molecule has 0 saturated heterocycles. The number of carbonyl (C=O) groups excluding carboxylic acids is 1. The quantitative estimate of drug-likeness (QED) is 0.284. The summed E-state index contributed by atoms with van der Waals surface area (Å²) in [7, 11) is 102. The van der Waals surface area contributed by atoms with Crippen LogP contribution in [0.3, 0.4) is 0 Å². The summed E-state index contributed by atoms with van der Waals surface area (Å²) >= 11 is 9.64. The molecule has 2 aromatic carbocycles. The number of benzene rings is 2. The number of hydrogen-bond acceptors (Lipinski definition) is 3. The lowest BCUT2D eigenvalue weighted by Crippen LogP contribution is -2.42. The molecule has 60 heteroatoms. The summed E-state index contributed by atoms with van der Waals surface area (Å²) in [5.41, 5.74) is 5.13. The molecule has 1 nitrogen and oxygen atoms in total. The maximum atomic E-state index is 11.7. The third-order valence-electron chi connectivity index (χ3n) is 8.46. The predicted molar refractivity (Wildman–Crippen MR) is 539 cm³/mol. The van der Waals surface area contributed by atoms with Crippen LogP contribution >= 0.6 is 0 Å². The van der Waals surface area contributed by atoms with Crippen molar-refractivity contribution in [1.29, 1.82) is 0 Å². The Morgan fingerprint density at radius 3 is 0.702 bits per heavy atom. The van der Waals surface area contributed by atoms with Crippen molar-refractivity contribution >= 4 is 535 Å². The van der Waals surface area contributed by atoms with Crippen molar-refractivity contribution in [3.63, 3.8) is 0 Å². The van der Waals surface area contributed by atoms with E-state index in [0.29, 0.717) is 5.56 Å². The summed E-state index contributed by atoms with van der Waals surface area (Å²) in [5.74, 6) is 6.41. The number of rotatable bonds is 1. The Morgan fingerprint density at radius 2 is 0.500 bits per heavy atom. The Bertz CT molecular complexity index is 5430. The van der Waals surface area contributed by atoms with E-state index in [-0.39, 0.29) is 16.2 Å². The highest BCUT2D eigenvalue weighted by Gasteiger charge is 2.56. The maximum absolute atomic E-state index is 11.7. The van der Waals surface area contributed by atoms with Crippen LogP contribution in [-0.4, -0.2) is 6.29 Å². The second-order valence-electron chi connectivity index (χ2n) is 12.5. The van der Waals surface area contributed by atoms with Gasteiger partial charge in [0.2, 0.25) is 0 Å². The summed E-state index contributed by atoms with van der Waals surface area (Å²) in [6.07, 6.45) is 0.934. The van der Waals surface area contributed by atoms with Crippen LogP contribution in [0.15, 0.2) is 42.5 Å². The Kier molecular flexibility index (Phi) is 70.9. The molecule has 482 valence electrons. The monoisotopic (exact) mass is 2220 g/mol. The number of carbonyl (C=O) groups is 1. The first-order chi connectivity index (χ1) is 41.0. The van der Waals surface area contributed by atoms with E-state index in [1.165, 1.54) is 28.9 Å². The van der Waals surface area contributed by atoms with E-state index in [1.807, 2.05) is 412 Å². The first-order valence-corrected chi connectivity index (χ1v) is 95.8. The average molecular weight is 2220 g/mol. The minimum Gasteiger partial charge on any atom is -0.298 e. The molecule has 0 saturated carbocycles. The summed E-state index contributed by atoms with van der Waals surface area (Å²) in [6.45, 7) is 13.8. The minimum atomic E-state index is -0.00498. The number of hydrogen-bond donors (Lipinski definition) is 0. The Morgan fingerprint density at radius 1 is 0.298 bits per heavy atom. The van der Waals surface area contributed by atoms with Crippen molar-refractivity contribution < 1.29 is 4.79 Å². The molecule has 0 radical (unpaired) electrons. The molecule has 1 aliphatic rings. The lowest BCUT2D eigenvalue weighted by molar-refractivity contribution is 0.112. The molecule has 3 rings (SSSR count). The molecule has 0 aliphatic heterocycles. The fraction of sp³-hybridized carbons (Fsp3) is 0.375. The lowest BCUT2D eigenvalue weighted by atomic mass is 9.59. The van der Waals surface area contributed by atoms with Gasteiger partial charge in [0.05, 0.1) is 0 Å². The second kappa shape index (κ2) is 65.7. The van der Waals surface area contributed by atoms with Crippen LogP contribution in [0.4, 0.5) is 0 Å². The summed E-state index contributed by atoms with van der Waals surface area (Å²) in [5, 5.41) is 0. The van der Waals surface area contributed by atoms with Crippen LogP contribution in [0.2, 0.25) is 0 Å². The van der Waals surface area contributed by atoms with E-state index in [4.69, 9.17) is 22.4 Å². The fourth-order valence-electron chi connectivity index (χ4n) is 4.60. The number of fused-ring (bicyclic) bond motifs is 1. The zero-order chi connectivity index (χ0) is 60.8. The van der Waals surface area contributed by atoms with Crippen molar-refractivity contribution in [3.05, 3.63) is 70.3 Å². The van der Waals surface area contributed by atoms with Gasteiger partial charge < -0.3 is 0 Å². The number of aldehydes is 1. The lowest BCUT2D eigenvalue weighted by Gasteiger charge is -2.44. The predicted octanol–water partition coefficient (Wildman–Crippen LogP) is 5.35. The Hall–Kier alpha value is 10.7. The summed E-state index contributed by atoms with van der Waals surface area (Å²) < 4.78 is 0. The van der Waals surface area contributed by atoms with Gasteiger partial charge in [0, 0.05) is 545 Å². The largest absolute Gasteiger partial charge is 0.298 e. The molecular weight excluding hydrogens is 2200 g/mol. The maximum Gasteiger partial charge on any atom is 0.151 e. The van der Waals surface area contributed by atoms with Crippen LogP contribution in [0, 0.1) is 17.3 Å². The topological polar surface area (TPSA) is 17.1 Å². The van der Waals surface area contributed by atoms with Crippen LogP contribution in [0.25, 0.3) is 0 Å². The smallest absolute Gasteiger partial charge is 0.151 e. The van der Waals surface area contributed by atoms with Gasteiger partial charge in [-0.2, -0.15) is 0 Å². The van der Waals surface area contributed by atoms with Gasteiger partial charge in [-0.25, -0.2) is 0 Å². The highest BCUT2D eigenvalue weighted by molar-refractivity contribution is 8.83. The van der Waals surface area contributed by atoms with Gasteiger partial charge in [-0.05, 0) is 51.6 Å². The van der Waals surface area contributed by atoms with Gasteiger partial charge in [0.15, 0.2) is 6.29 Å². The van der Waals surface area contributed by atoms with E-state index in [0.717, 1.165) is 17.4 Å². The van der Waals surface area contributed by atoms with Crippen LogP contribution < -0.4 is 0 Å². The molecule has 0 N–H and O–H groups in total. The van der Waals surface area contributed by atoms with Crippen molar-refractivity contribution in [1.82, 2.24) is 0 Å². The van der Waals surface area contributed by atoms with Crippen molar-refractivity contribution in [2.24, 2.45) is 5.41 Å².